The fourth-order valence-corrected chi connectivity index (χ4v) is 5.37. The molecule has 2 aliphatic heterocycles. The van der Waals surface area contributed by atoms with Crippen LogP contribution in [-0.2, 0) is 10.0 Å². The second-order valence-corrected chi connectivity index (χ2v) is 9.44. The summed E-state index contributed by atoms with van der Waals surface area (Å²) < 4.78 is 25.8. The number of halogens is 2. The van der Waals surface area contributed by atoms with E-state index in [1.165, 1.54) is 18.8 Å². The summed E-state index contributed by atoms with van der Waals surface area (Å²) in [5, 5.41) is 2.64. The molecule has 0 saturated heterocycles. The molecule has 3 rings (SSSR count). The maximum absolute atomic E-state index is 12.4. The van der Waals surface area contributed by atoms with Crippen LogP contribution < -0.4 is 5.73 Å². The van der Waals surface area contributed by atoms with Gasteiger partial charge in [-0.15, -0.1) is 12.2 Å². The summed E-state index contributed by atoms with van der Waals surface area (Å²) in [5.74, 6) is 1.99. The lowest BCUT2D eigenvalue weighted by atomic mass is 9.99. The Balaban J connectivity index is 2.11. The summed E-state index contributed by atoms with van der Waals surface area (Å²) in [6.45, 7) is 0. The molecule has 0 aliphatic carbocycles. The van der Waals surface area contributed by atoms with Gasteiger partial charge in [0.15, 0.2) is 5.54 Å². The van der Waals surface area contributed by atoms with Gasteiger partial charge >= 0.3 is 0 Å². The minimum Gasteiger partial charge on any atom is -0.369 e. The van der Waals surface area contributed by atoms with Gasteiger partial charge in [0.2, 0.25) is 16.0 Å². The number of allylic oxidation sites excluding steroid dienone is 2. The van der Waals surface area contributed by atoms with Crippen LogP contribution in [0.2, 0.25) is 10.0 Å². The van der Waals surface area contributed by atoms with Gasteiger partial charge in [0.1, 0.15) is 5.75 Å². The van der Waals surface area contributed by atoms with E-state index in [-0.39, 0.29) is 11.7 Å². The number of benzene rings is 1. The Labute approximate surface area is 166 Å². The van der Waals surface area contributed by atoms with E-state index in [4.69, 9.17) is 35.4 Å². The molecule has 0 spiro atoms. The lowest BCUT2D eigenvalue weighted by Crippen LogP contribution is -2.52. The van der Waals surface area contributed by atoms with E-state index >= 15 is 0 Å². The van der Waals surface area contributed by atoms with Crippen molar-refractivity contribution in [2.24, 2.45) is 10.7 Å². The molecule has 0 fully saturated rings. The number of nitrogens with two attached hydrogens (primary N) is 1. The first kappa shape index (κ1) is 19.0. The third kappa shape index (κ3) is 3.39. The van der Waals surface area contributed by atoms with Gasteiger partial charge in [0, 0.05) is 33.0 Å². The van der Waals surface area contributed by atoms with E-state index < -0.39 is 15.6 Å². The maximum Gasteiger partial charge on any atom is 0.240 e. The molecule has 0 amide bonds. The molecule has 134 valence electrons. The van der Waals surface area contributed by atoms with Crippen molar-refractivity contribution in [3.63, 3.8) is 0 Å². The number of sulfonamides is 1. The quantitative estimate of drug-likeness (QED) is 0.583. The van der Waals surface area contributed by atoms with Crippen molar-refractivity contribution >= 4 is 56.5 Å². The van der Waals surface area contributed by atoms with Crippen LogP contribution in [0.1, 0.15) is 5.56 Å². The molecular weight excluding hydrogens is 413 g/mol. The zero-order valence-electron chi connectivity index (χ0n) is 13.5. The number of thioether (sulfide) groups is 1. The van der Waals surface area contributed by atoms with Crippen molar-refractivity contribution in [2.75, 3.05) is 12.8 Å². The lowest BCUT2D eigenvalue weighted by Gasteiger charge is -2.34. The summed E-state index contributed by atoms with van der Waals surface area (Å²) in [6.07, 6.45) is 7.43. The molecule has 0 aromatic heterocycles. The third-order valence-electron chi connectivity index (χ3n) is 3.93. The fraction of sp³-hybridized carbons (Fsp3) is 0.176. The summed E-state index contributed by atoms with van der Waals surface area (Å²) in [4.78, 5) is 4.86. The van der Waals surface area contributed by atoms with E-state index in [0.29, 0.717) is 20.5 Å². The summed E-state index contributed by atoms with van der Waals surface area (Å²) in [6, 6.07) is 5.09. The predicted molar refractivity (Wildman–Crippen MR) is 108 cm³/mol. The molecule has 0 unspecified atom stereocenters. The number of terminal acetylenes is 1. The SMILES string of the molecule is C#C[C@@]1(C2=CC(c3cc(Cl)cc(Cl)c3)=C=CS2)CS(=O)(=O)N(C)C(N)=N1. The molecule has 1 atom stereocenters. The molecule has 5 nitrogen and oxygen atoms in total. The molecule has 1 aromatic rings. The Morgan fingerprint density at radius 3 is 2.62 bits per heavy atom. The molecule has 2 heterocycles. The topological polar surface area (TPSA) is 75.8 Å². The van der Waals surface area contributed by atoms with Gasteiger partial charge in [-0.05, 0) is 29.8 Å². The first-order valence-electron chi connectivity index (χ1n) is 7.27. The third-order valence-corrected chi connectivity index (χ3v) is 7.12. The number of guanidine groups is 1. The molecule has 0 saturated carbocycles. The van der Waals surface area contributed by atoms with Crippen molar-refractivity contribution in [1.82, 2.24) is 4.31 Å². The van der Waals surface area contributed by atoms with Crippen molar-refractivity contribution < 1.29 is 8.42 Å². The van der Waals surface area contributed by atoms with Crippen LogP contribution in [0.5, 0.6) is 0 Å². The highest BCUT2D eigenvalue weighted by Crippen LogP contribution is 2.40. The number of hydrogen-bond donors (Lipinski definition) is 1. The van der Waals surface area contributed by atoms with Gasteiger partial charge < -0.3 is 5.73 Å². The zero-order valence-corrected chi connectivity index (χ0v) is 16.7. The van der Waals surface area contributed by atoms with Gasteiger partial charge in [-0.25, -0.2) is 17.7 Å². The van der Waals surface area contributed by atoms with Gasteiger partial charge in [-0.1, -0.05) is 40.9 Å². The Kier molecular flexibility index (Phi) is 4.91. The largest absolute Gasteiger partial charge is 0.369 e. The highest BCUT2D eigenvalue weighted by atomic mass is 35.5. The normalized spacial score (nSPS) is 24.4. The molecule has 2 aliphatic rings. The molecular formula is C17H13Cl2N3O2S2. The van der Waals surface area contributed by atoms with E-state index in [9.17, 15) is 8.42 Å². The molecule has 9 heteroatoms. The molecule has 0 radical (unpaired) electrons. The highest BCUT2D eigenvalue weighted by Gasteiger charge is 2.44. The number of nitrogens with zero attached hydrogens (tertiary/aromatic N) is 2. The Hall–Kier alpha value is -1.81. The number of hydrogen-bond acceptors (Lipinski definition) is 5. The van der Waals surface area contributed by atoms with E-state index in [1.54, 1.807) is 29.7 Å². The predicted octanol–water partition coefficient (Wildman–Crippen LogP) is 3.08. The van der Waals surface area contributed by atoms with Gasteiger partial charge in [0.25, 0.3) is 0 Å². The standard InChI is InChI=1S/C17H13Cl2N3O2S2/c1-3-17(10-26(23,24)22(2)16(20)21-17)15-8-11(4-5-25-15)12-6-13(18)9-14(19)7-12/h1,5-9H,10H2,2H3,(H2,20,21)/t17-/m0/s1. The maximum atomic E-state index is 12.4. The fourth-order valence-electron chi connectivity index (χ4n) is 2.53. The van der Waals surface area contributed by atoms with Crippen LogP contribution in [-0.4, -0.2) is 37.0 Å². The minimum absolute atomic E-state index is 0.151. The van der Waals surface area contributed by atoms with Crippen LogP contribution in [0.4, 0.5) is 0 Å². The Morgan fingerprint density at radius 1 is 1.38 bits per heavy atom. The monoisotopic (exact) mass is 425 g/mol. The Morgan fingerprint density at radius 2 is 2.04 bits per heavy atom. The summed E-state index contributed by atoms with van der Waals surface area (Å²) in [7, 11) is -2.34. The average molecular weight is 426 g/mol. The smallest absolute Gasteiger partial charge is 0.240 e. The van der Waals surface area contributed by atoms with Gasteiger partial charge in [-0.2, -0.15) is 0 Å². The van der Waals surface area contributed by atoms with E-state index in [0.717, 1.165) is 9.87 Å². The Bertz CT molecular complexity index is 1040. The van der Waals surface area contributed by atoms with Crippen LogP contribution >= 0.6 is 35.0 Å². The van der Waals surface area contributed by atoms with Crippen LogP contribution in [0.25, 0.3) is 5.57 Å². The van der Waals surface area contributed by atoms with Crippen LogP contribution in [0.15, 0.2) is 45.3 Å². The first-order valence-corrected chi connectivity index (χ1v) is 10.5. The first-order chi connectivity index (χ1) is 12.2. The number of aliphatic imine (C=N–C) groups is 1. The van der Waals surface area contributed by atoms with Crippen molar-refractivity contribution in [2.45, 2.75) is 5.54 Å². The van der Waals surface area contributed by atoms with Crippen molar-refractivity contribution in [1.29, 1.82) is 0 Å². The average Bonchev–Trinajstić information content (AvgIpc) is 2.58. The lowest BCUT2D eigenvalue weighted by molar-refractivity contribution is 0.525. The molecule has 0 bridgehead atoms. The van der Waals surface area contributed by atoms with Gasteiger partial charge in [0.05, 0.1) is 0 Å². The number of rotatable bonds is 2. The van der Waals surface area contributed by atoms with E-state index in [2.05, 4.69) is 16.6 Å². The van der Waals surface area contributed by atoms with Crippen molar-refractivity contribution in [3.05, 3.63) is 55.9 Å². The van der Waals surface area contributed by atoms with Crippen LogP contribution in [0.3, 0.4) is 0 Å². The van der Waals surface area contributed by atoms with Crippen LogP contribution in [0, 0.1) is 12.3 Å². The molecule has 1 aromatic carbocycles. The summed E-state index contributed by atoms with van der Waals surface area (Å²) >= 11 is 13.4. The zero-order chi connectivity index (χ0) is 19.1. The minimum atomic E-state index is -3.68. The van der Waals surface area contributed by atoms with E-state index in [1.807, 2.05) is 0 Å². The molecule has 2 N–H and O–H groups in total. The highest BCUT2D eigenvalue weighted by molar-refractivity contribution is 8.06. The van der Waals surface area contributed by atoms with Gasteiger partial charge in [-0.3, -0.25) is 0 Å². The second kappa shape index (κ2) is 6.73. The summed E-state index contributed by atoms with van der Waals surface area (Å²) in [5.41, 5.74) is 8.89. The molecule has 26 heavy (non-hydrogen) atoms. The van der Waals surface area contributed by atoms with Crippen molar-refractivity contribution in [3.8, 4) is 12.3 Å². The second-order valence-electron chi connectivity index (χ2n) is 5.66.